The summed E-state index contributed by atoms with van der Waals surface area (Å²) in [6.45, 7) is 0. The first kappa shape index (κ1) is 32.4. The Morgan fingerprint density at radius 2 is 0.745 bits per heavy atom. The van der Waals surface area contributed by atoms with E-state index in [1.54, 1.807) is 0 Å². The van der Waals surface area contributed by atoms with Crippen LogP contribution in [0.1, 0.15) is 0 Å². The Labute approximate surface area is 322 Å². The molecule has 0 N–H and O–H groups in total. The van der Waals surface area contributed by atoms with E-state index in [1.807, 2.05) is 0 Å². The number of fused-ring (bicyclic) bond motifs is 5. The zero-order valence-electron chi connectivity index (χ0n) is 30.3. The van der Waals surface area contributed by atoms with Crippen LogP contribution in [0.3, 0.4) is 0 Å². The summed E-state index contributed by atoms with van der Waals surface area (Å²) in [6, 6.07) is 81.3. The number of nitrogens with zero attached hydrogens (tertiary/aromatic N) is 1. The smallest absolute Gasteiger partial charge is 0.0540 e. The molecule has 0 saturated heterocycles. The van der Waals surface area contributed by atoms with Gasteiger partial charge >= 0.3 is 0 Å². The van der Waals surface area contributed by atoms with E-state index < -0.39 is 0 Å². The van der Waals surface area contributed by atoms with Crippen LogP contribution in [0.15, 0.2) is 224 Å². The van der Waals surface area contributed by atoms with Crippen LogP contribution in [0, 0.1) is 0 Å². The molecular formula is C54H37N. The monoisotopic (exact) mass is 699 g/mol. The molecule has 0 spiro atoms. The first-order valence-corrected chi connectivity index (χ1v) is 18.9. The molecule has 0 amide bonds. The maximum Gasteiger partial charge on any atom is 0.0540 e. The molecule has 0 saturated carbocycles. The van der Waals surface area contributed by atoms with E-state index in [2.05, 4.69) is 229 Å². The van der Waals surface area contributed by atoms with Crippen molar-refractivity contribution in [1.82, 2.24) is 0 Å². The van der Waals surface area contributed by atoms with Crippen LogP contribution < -0.4 is 4.90 Å². The topological polar surface area (TPSA) is 3.24 Å². The van der Waals surface area contributed by atoms with Gasteiger partial charge in [-0.25, -0.2) is 0 Å². The van der Waals surface area contributed by atoms with E-state index >= 15 is 0 Å². The highest BCUT2D eigenvalue weighted by molar-refractivity contribution is 6.19. The molecule has 10 aromatic rings. The maximum atomic E-state index is 2.38. The number of anilines is 3. The SMILES string of the molecule is c1ccc(-c2ccc(N(c3ccccc3)c3ccc(-c4cccc(-c5cccc6c5ccc5c7ccccc7ccc65)c4)cc3)c(-c3ccccc3)c2)cc1. The first-order valence-electron chi connectivity index (χ1n) is 18.9. The van der Waals surface area contributed by atoms with Gasteiger partial charge in [-0.05, 0) is 114 Å². The van der Waals surface area contributed by atoms with Crippen LogP contribution >= 0.6 is 0 Å². The van der Waals surface area contributed by atoms with Crippen LogP contribution in [0.25, 0.3) is 76.8 Å². The third-order valence-corrected chi connectivity index (χ3v) is 10.9. The minimum atomic E-state index is 1.10. The average Bonchev–Trinajstić information content (AvgIpc) is 3.27. The van der Waals surface area contributed by atoms with E-state index in [0.29, 0.717) is 0 Å². The second-order valence-corrected chi connectivity index (χ2v) is 14.1. The van der Waals surface area contributed by atoms with Gasteiger partial charge in [0.25, 0.3) is 0 Å². The fourth-order valence-corrected chi connectivity index (χ4v) is 8.17. The molecule has 1 nitrogen and oxygen atoms in total. The van der Waals surface area contributed by atoms with Crippen molar-refractivity contribution >= 4 is 49.4 Å². The van der Waals surface area contributed by atoms with Gasteiger partial charge in [0.1, 0.15) is 0 Å². The molecule has 258 valence electrons. The highest BCUT2D eigenvalue weighted by Gasteiger charge is 2.19. The molecule has 55 heavy (non-hydrogen) atoms. The van der Waals surface area contributed by atoms with Crippen molar-refractivity contribution in [2.45, 2.75) is 0 Å². The summed E-state index contributed by atoms with van der Waals surface area (Å²) >= 11 is 0. The molecule has 0 atom stereocenters. The molecule has 0 aliphatic heterocycles. The van der Waals surface area contributed by atoms with Gasteiger partial charge in [0, 0.05) is 16.9 Å². The second kappa shape index (κ2) is 14.0. The minimum absolute atomic E-state index is 1.10. The Balaban J connectivity index is 1.05. The molecule has 10 rings (SSSR count). The van der Waals surface area contributed by atoms with Crippen molar-refractivity contribution in [2.24, 2.45) is 0 Å². The summed E-state index contributed by atoms with van der Waals surface area (Å²) in [5, 5.41) is 7.70. The van der Waals surface area contributed by atoms with Crippen molar-refractivity contribution in [2.75, 3.05) is 4.90 Å². The van der Waals surface area contributed by atoms with Crippen LogP contribution in [-0.2, 0) is 0 Å². The third kappa shape index (κ3) is 6.02. The second-order valence-electron chi connectivity index (χ2n) is 14.1. The van der Waals surface area contributed by atoms with Gasteiger partial charge < -0.3 is 4.90 Å². The standard InChI is InChI=1S/C54H37N/c1-4-14-38(15-5-1)43-29-35-54(53(37-43)40-16-6-2-7-17-40)55(45-21-8-3-9-22-45)46-30-26-39(27-31-46)42-19-12-20-44(36-42)48-24-13-25-49-51(48)34-33-50-47-23-11-10-18-41(47)28-32-52(49)50/h1-37H. The maximum absolute atomic E-state index is 2.38. The largest absolute Gasteiger partial charge is 0.310 e. The van der Waals surface area contributed by atoms with E-state index in [-0.39, 0.29) is 0 Å². The Hall–Kier alpha value is -7.22. The summed E-state index contributed by atoms with van der Waals surface area (Å²) in [7, 11) is 0. The molecular weight excluding hydrogens is 663 g/mol. The molecule has 0 unspecified atom stereocenters. The number of hydrogen-bond donors (Lipinski definition) is 0. The molecule has 0 aliphatic rings. The summed E-state index contributed by atoms with van der Waals surface area (Å²) < 4.78 is 0. The summed E-state index contributed by atoms with van der Waals surface area (Å²) in [6.07, 6.45) is 0. The lowest BCUT2D eigenvalue weighted by molar-refractivity contribution is 1.28. The van der Waals surface area contributed by atoms with Crippen LogP contribution in [-0.4, -0.2) is 0 Å². The summed E-state index contributed by atoms with van der Waals surface area (Å²) in [5.74, 6) is 0. The van der Waals surface area contributed by atoms with Crippen molar-refractivity contribution in [1.29, 1.82) is 0 Å². The molecule has 0 aliphatic carbocycles. The van der Waals surface area contributed by atoms with Crippen molar-refractivity contribution in [3.63, 3.8) is 0 Å². The predicted molar refractivity (Wildman–Crippen MR) is 235 cm³/mol. The number of rotatable bonds is 7. The molecule has 1 heteroatoms. The normalized spacial score (nSPS) is 11.3. The van der Waals surface area contributed by atoms with Gasteiger partial charge in [-0.2, -0.15) is 0 Å². The highest BCUT2D eigenvalue weighted by atomic mass is 15.1. The number of hydrogen-bond acceptors (Lipinski definition) is 1. The van der Waals surface area contributed by atoms with Crippen LogP contribution in [0.5, 0.6) is 0 Å². The zero-order valence-corrected chi connectivity index (χ0v) is 30.3. The minimum Gasteiger partial charge on any atom is -0.310 e. The molecule has 0 aromatic heterocycles. The average molecular weight is 700 g/mol. The third-order valence-electron chi connectivity index (χ3n) is 10.9. The quantitative estimate of drug-likeness (QED) is 0.150. The van der Waals surface area contributed by atoms with E-state index in [0.717, 1.165) is 17.1 Å². The fraction of sp³-hybridized carbons (Fsp3) is 0. The molecule has 0 heterocycles. The Kier molecular flexibility index (Phi) is 8.24. The lowest BCUT2D eigenvalue weighted by Crippen LogP contribution is -2.11. The van der Waals surface area contributed by atoms with Gasteiger partial charge in [-0.15, -0.1) is 0 Å². The van der Waals surface area contributed by atoms with Gasteiger partial charge in [0.2, 0.25) is 0 Å². The lowest BCUT2D eigenvalue weighted by Gasteiger charge is -2.28. The lowest BCUT2D eigenvalue weighted by atomic mass is 9.91. The van der Waals surface area contributed by atoms with Crippen LogP contribution in [0.4, 0.5) is 17.1 Å². The molecule has 0 fully saturated rings. The van der Waals surface area contributed by atoms with Crippen molar-refractivity contribution in [3.8, 4) is 44.5 Å². The van der Waals surface area contributed by atoms with Gasteiger partial charge in [-0.1, -0.05) is 182 Å². The summed E-state index contributed by atoms with van der Waals surface area (Å²) in [5.41, 5.74) is 12.9. The van der Waals surface area contributed by atoms with Crippen molar-refractivity contribution in [3.05, 3.63) is 224 Å². The van der Waals surface area contributed by atoms with Gasteiger partial charge in [0.15, 0.2) is 0 Å². The first-order chi connectivity index (χ1) is 27.3. The zero-order chi connectivity index (χ0) is 36.6. The Morgan fingerprint density at radius 1 is 0.236 bits per heavy atom. The molecule has 0 radical (unpaired) electrons. The van der Waals surface area contributed by atoms with Crippen LogP contribution in [0.2, 0.25) is 0 Å². The van der Waals surface area contributed by atoms with Gasteiger partial charge in [0.05, 0.1) is 5.69 Å². The Morgan fingerprint density at radius 3 is 1.55 bits per heavy atom. The van der Waals surface area contributed by atoms with E-state index in [9.17, 15) is 0 Å². The number of benzene rings is 10. The highest BCUT2D eigenvalue weighted by Crippen LogP contribution is 2.43. The number of para-hydroxylation sites is 1. The molecule has 10 aromatic carbocycles. The van der Waals surface area contributed by atoms with Crippen molar-refractivity contribution < 1.29 is 0 Å². The van der Waals surface area contributed by atoms with Gasteiger partial charge in [-0.3, -0.25) is 0 Å². The molecule has 0 bridgehead atoms. The Bertz CT molecular complexity index is 2950. The fourth-order valence-electron chi connectivity index (χ4n) is 8.17. The summed E-state index contributed by atoms with van der Waals surface area (Å²) in [4.78, 5) is 2.38. The van der Waals surface area contributed by atoms with E-state index in [1.165, 1.54) is 76.8 Å². The van der Waals surface area contributed by atoms with E-state index in [4.69, 9.17) is 0 Å². The predicted octanol–water partition coefficient (Wildman–Crippen LogP) is 15.3.